The Labute approximate surface area is 122 Å². The second-order valence-corrected chi connectivity index (χ2v) is 6.58. The van der Waals surface area contributed by atoms with Crippen LogP contribution in [0.5, 0.6) is 0 Å². The molecule has 0 atom stereocenters. The molecule has 4 nitrogen and oxygen atoms in total. The Balaban J connectivity index is 1.91. The fraction of sp³-hybridized carbons (Fsp3) is 0.688. The molecule has 0 radical (unpaired) electrons. The Kier molecular flexibility index (Phi) is 5.00. The Bertz CT molecular complexity index is 414. The molecule has 0 bridgehead atoms. The molecular formula is C16H27N3O. The molecule has 0 saturated carbocycles. The molecule has 1 fully saturated rings. The molecule has 4 heteroatoms. The molecule has 0 amide bonds. The third kappa shape index (κ3) is 4.46. The van der Waals surface area contributed by atoms with E-state index in [1.165, 1.54) is 5.56 Å². The summed E-state index contributed by atoms with van der Waals surface area (Å²) < 4.78 is 5.74. The number of nitrogens with one attached hydrogen (secondary N) is 1. The van der Waals surface area contributed by atoms with Gasteiger partial charge in [0.2, 0.25) is 0 Å². The molecule has 0 unspecified atom stereocenters. The molecule has 1 aliphatic heterocycles. The van der Waals surface area contributed by atoms with Gasteiger partial charge in [-0.25, -0.2) is 4.98 Å². The van der Waals surface area contributed by atoms with Gasteiger partial charge in [0.15, 0.2) is 0 Å². The van der Waals surface area contributed by atoms with Gasteiger partial charge in [0.1, 0.15) is 5.82 Å². The molecule has 1 N–H and O–H groups in total. The number of hydrogen-bond acceptors (Lipinski definition) is 4. The largest absolute Gasteiger partial charge is 0.372 e. The highest BCUT2D eigenvalue weighted by molar-refractivity contribution is 5.40. The SMILES string of the molecule is CC(C)CNCc1ccc(N2CCOC(C)(C)C2)nc1. The van der Waals surface area contributed by atoms with Crippen LogP contribution in [0, 0.1) is 5.92 Å². The van der Waals surface area contributed by atoms with Crippen molar-refractivity contribution in [3.63, 3.8) is 0 Å². The monoisotopic (exact) mass is 277 g/mol. The van der Waals surface area contributed by atoms with Crippen LogP contribution in [-0.2, 0) is 11.3 Å². The van der Waals surface area contributed by atoms with Gasteiger partial charge in [-0.2, -0.15) is 0 Å². The molecule has 0 aliphatic carbocycles. The number of hydrogen-bond donors (Lipinski definition) is 1. The highest BCUT2D eigenvalue weighted by Gasteiger charge is 2.27. The molecule has 1 aliphatic rings. The molecular weight excluding hydrogens is 250 g/mol. The predicted octanol–water partition coefficient (Wildman–Crippen LogP) is 2.44. The van der Waals surface area contributed by atoms with Crippen LogP contribution in [0.3, 0.4) is 0 Å². The van der Waals surface area contributed by atoms with E-state index in [1.807, 2.05) is 6.20 Å². The van der Waals surface area contributed by atoms with Gasteiger partial charge >= 0.3 is 0 Å². The number of aromatic nitrogens is 1. The van der Waals surface area contributed by atoms with Crippen LogP contribution in [0.4, 0.5) is 5.82 Å². The first-order valence-corrected chi connectivity index (χ1v) is 7.51. The van der Waals surface area contributed by atoms with Gasteiger partial charge in [0.05, 0.1) is 12.2 Å². The maximum atomic E-state index is 5.74. The molecule has 2 rings (SSSR count). The van der Waals surface area contributed by atoms with E-state index in [0.717, 1.165) is 38.6 Å². The Hall–Kier alpha value is -1.13. The Morgan fingerprint density at radius 3 is 2.80 bits per heavy atom. The summed E-state index contributed by atoms with van der Waals surface area (Å²) in [7, 11) is 0. The lowest BCUT2D eigenvalue weighted by molar-refractivity contribution is -0.0279. The van der Waals surface area contributed by atoms with Gasteiger partial charge in [-0.1, -0.05) is 19.9 Å². The van der Waals surface area contributed by atoms with Crippen LogP contribution in [0.15, 0.2) is 18.3 Å². The third-order valence-corrected chi connectivity index (χ3v) is 3.44. The highest BCUT2D eigenvalue weighted by atomic mass is 16.5. The number of pyridine rings is 1. The lowest BCUT2D eigenvalue weighted by Gasteiger charge is -2.38. The van der Waals surface area contributed by atoms with Crippen LogP contribution < -0.4 is 10.2 Å². The molecule has 1 aromatic rings. The van der Waals surface area contributed by atoms with Gasteiger partial charge in [-0.3, -0.25) is 0 Å². The van der Waals surface area contributed by atoms with Crippen molar-refractivity contribution < 1.29 is 4.74 Å². The van der Waals surface area contributed by atoms with Gasteiger partial charge in [-0.15, -0.1) is 0 Å². The van der Waals surface area contributed by atoms with Crippen LogP contribution >= 0.6 is 0 Å². The van der Waals surface area contributed by atoms with E-state index < -0.39 is 0 Å². The minimum absolute atomic E-state index is 0.0859. The van der Waals surface area contributed by atoms with Crippen molar-refractivity contribution in [3.05, 3.63) is 23.9 Å². The van der Waals surface area contributed by atoms with Crippen LogP contribution in [0.2, 0.25) is 0 Å². The normalized spacial score (nSPS) is 18.6. The van der Waals surface area contributed by atoms with Crippen molar-refractivity contribution in [2.24, 2.45) is 5.92 Å². The first-order chi connectivity index (χ1) is 9.46. The quantitative estimate of drug-likeness (QED) is 0.897. The van der Waals surface area contributed by atoms with Crippen LogP contribution in [0.1, 0.15) is 33.3 Å². The smallest absolute Gasteiger partial charge is 0.128 e. The average molecular weight is 277 g/mol. The van der Waals surface area contributed by atoms with Crippen molar-refractivity contribution in [3.8, 4) is 0 Å². The Morgan fingerprint density at radius 2 is 2.20 bits per heavy atom. The van der Waals surface area contributed by atoms with E-state index in [2.05, 4.69) is 55.0 Å². The fourth-order valence-corrected chi connectivity index (χ4v) is 2.43. The molecule has 1 aromatic heterocycles. The van der Waals surface area contributed by atoms with E-state index >= 15 is 0 Å². The minimum Gasteiger partial charge on any atom is -0.372 e. The summed E-state index contributed by atoms with van der Waals surface area (Å²) in [6.45, 7) is 13.2. The van der Waals surface area contributed by atoms with Gasteiger partial charge in [-0.05, 0) is 37.9 Å². The molecule has 112 valence electrons. The van der Waals surface area contributed by atoms with E-state index in [9.17, 15) is 0 Å². The van der Waals surface area contributed by atoms with Gasteiger partial charge in [0.25, 0.3) is 0 Å². The Morgan fingerprint density at radius 1 is 1.40 bits per heavy atom. The zero-order valence-electron chi connectivity index (χ0n) is 13.1. The summed E-state index contributed by atoms with van der Waals surface area (Å²) in [5.41, 5.74) is 1.15. The maximum Gasteiger partial charge on any atom is 0.128 e. The van der Waals surface area contributed by atoms with Gasteiger partial charge < -0.3 is 15.0 Å². The number of rotatable bonds is 5. The maximum absolute atomic E-state index is 5.74. The molecule has 20 heavy (non-hydrogen) atoms. The number of nitrogens with zero attached hydrogens (tertiary/aromatic N) is 2. The summed E-state index contributed by atoms with van der Waals surface area (Å²) >= 11 is 0. The summed E-state index contributed by atoms with van der Waals surface area (Å²) in [5, 5.41) is 3.44. The number of morpholine rings is 1. The summed E-state index contributed by atoms with van der Waals surface area (Å²) in [4.78, 5) is 6.90. The number of ether oxygens (including phenoxy) is 1. The highest BCUT2D eigenvalue weighted by Crippen LogP contribution is 2.21. The molecule has 2 heterocycles. The second-order valence-electron chi connectivity index (χ2n) is 6.58. The van der Waals surface area contributed by atoms with E-state index in [0.29, 0.717) is 5.92 Å². The molecule has 0 aromatic carbocycles. The minimum atomic E-state index is -0.0859. The zero-order chi connectivity index (χ0) is 14.6. The summed E-state index contributed by atoms with van der Waals surface area (Å²) in [5.74, 6) is 1.73. The van der Waals surface area contributed by atoms with Crippen molar-refractivity contribution in [1.82, 2.24) is 10.3 Å². The summed E-state index contributed by atoms with van der Waals surface area (Å²) in [6, 6.07) is 4.28. The third-order valence-electron chi connectivity index (χ3n) is 3.44. The summed E-state index contributed by atoms with van der Waals surface area (Å²) in [6.07, 6.45) is 1.98. The van der Waals surface area contributed by atoms with Crippen LogP contribution in [-0.4, -0.2) is 36.8 Å². The molecule has 0 spiro atoms. The first kappa shape index (κ1) is 15.3. The first-order valence-electron chi connectivity index (χ1n) is 7.51. The second kappa shape index (κ2) is 6.55. The van der Waals surface area contributed by atoms with E-state index in [-0.39, 0.29) is 5.60 Å². The van der Waals surface area contributed by atoms with E-state index in [1.54, 1.807) is 0 Å². The predicted molar refractivity (Wildman–Crippen MR) is 83.0 cm³/mol. The van der Waals surface area contributed by atoms with Crippen molar-refractivity contribution in [1.29, 1.82) is 0 Å². The van der Waals surface area contributed by atoms with E-state index in [4.69, 9.17) is 4.74 Å². The van der Waals surface area contributed by atoms with Crippen molar-refractivity contribution in [2.75, 3.05) is 31.1 Å². The van der Waals surface area contributed by atoms with Crippen LogP contribution in [0.25, 0.3) is 0 Å². The van der Waals surface area contributed by atoms with Gasteiger partial charge in [0, 0.05) is 25.8 Å². The average Bonchev–Trinajstić information content (AvgIpc) is 2.38. The lowest BCUT2D eigenvalue weighted by Crippen LogP contribution is -2.48. The van der Waals surface area contributed by atoms with Crippen molar-refractivity contribution >= 4 is 5.82 Å². The lowest BCUT2D eigenvalue weighted by atomic mass is 10.1. The van der Waals surface area contributed by atoms with Crippen molar-refractivity contribution in [2.45, 2.75) is 39.8 Å². The fourth-order valence-electron chi connectivity index (χ4n) is 2.43. The zero-order valence-corrected chi connectivity index (χ0v) is 13.1. The number of anilines is 1. The standard InChI is InChI=1S/C16H27N3O/c1-13(2)9-17-10-14-5-6-15(18-11-14)19-7-8-20-16(3,4)12-19/h5-6,11,13,17H,7-10,12H2,1-4H3. The molecule has 1 saturated heterocycles. The topological polar surface area (TPSA) is 37.4 Å².